The first-order valence-electron chi connectivity index (χ1n) is 23.5. The average Bonchev–Trinajstić information content (AvgIpc) is 3.31. The van der Waals surface area contributed by atoms with E-state index in [1.54, 1.807) is 0 Å². The molecule has 8 aromatic rings. The SMILES string of the molecule is Cc1ccc(C(=O)Nc2cccc(C)c2)cc1.Cc1ccc(NC(=O)c2ccc(C)cc2)cc1.Cc1ccc([Si](C)(C)c2cccc(C)c2)cc1.Cc1cccc([Si](C)(C)c2cccc(C)c2)c1. The van der Waals surface area contributed by atoms with E-state index in [1.165, 1.54) is 48.6 Å². The normalized spacial score (nSPS) is 10.8. The molecule has 0 unspecified atom stereocenters. The summed E-state index contributed by atoms with van der Waals surface area (Å²) < 4.78 is 0. The monoisotopic (exact) mass is 930 g/mol. The van der Waals surface area contributed by atoms with Crippen molar-refractivity contribution in [2.24, 2.45) is 0 Å². The molecule has 0 radical (unpaired) electrons. The van der Waals surface area contributed by atoms with Gasteiger partial charge in [0.2, 0.25) is 0 Å². The fourth-order valence-electron chi connectivity index (χ4n) is 7.58. The van der Waals surface area contributed by atoms with Crippen LogP contribution in [0.25, 0.3) is 0 Å². The summed E-state index contributed by atoms with van der Waals surface area (Å²) in [6.45, 7) is 26.4. The number of hydrogen-bond acceptors (Lipinski definition) is 2. The Balaban J connectivity index is 0.000000169. The van der Waals surface area contributed by atoms with Crippen molar-refractivity contribution in [1.82, 2.24) is 0 Å². The molecule has 0 fully saturated rings. The number of benzene rings is 8. The summed E-state index contributed by atoms with van der Waals surface area (Å²) in [4.78, 5) is 23.8. The Labute approximate surface area is 409 Å². The quantitative estimate of drug-likeness (QED) is 0.149. The molecule has 8 rings (SSSR count). The standard InChI is InChI=1S/2C16H20Si.2C15H15NO/c1-13-7-5-9-15(11-13)17(3,4)16-10-6-8-14(2)12-16;1-13-8-10-15(11-9-13)17(3,4)16-7-5-6-14(2)12-16;1-11-3-7-13(8-4-11)15(17)16-14-9-5-12(2)6-10-14;1-11-6-8-13(9-7-11)15(17)16-14-5-3-4-12(2)10-14/h2*5-12H,1-4H3;2*3-10H,1-2H3,(H,16,17). The Morgan fingerprint density at radius 1 is 0.294 bits per heavy atom. The highest BCUT2D eigenvalue weighted by Gasteiger charge is 2.26. The van der Waals surface area contributed by atoms with Gasteiger partial charge in [0.05, 0.1) is 0 Å². The van der Waals surface area contributed by atoms with Crippen molar-refractivity contribution in [3.63, 3.8) is 0 Å². The first-order valence-corrected chi connectivity index (χ1v) is 29.5. The van der Waals surface area contributed by atoms with Gasteiger partial charge in [0.15, 0.2) is 0 Å². The lowest BCUT2D eigenvalue weighted by Crippen LogP contribution is -2.52. The topological polar surface area (TPSA) is 58.2 Å². The zero-order chi connectivity index (χ0) is 49.4. The number of hydrogen-bond donors (Lipinski definition) is 2. The maximum Gasteiger partial charge on any atom is 0.255 e. The molecular weight excluding hydrogens is 861 g/mol. The van der Waals surface area contributed by atoms with E-state index in [2.05, 4.69) is 162 Å². The zero-order valence-electron chi connectivity index (χ0n) is 42.3. The van der Waals surface area contributed by atoms with Crippen molar-refractivity contribution in [2.75, 3.05) is 10.6 Å². The van der Waals surface area contributed by atoms with E-state index in [0.717, 1.165) is 28.1 Å². The molecule has 0 saturated carbocycles. The summed E-state index contributed by atoms with van der Waals surface area (Å²) in [6, 6.07) is 66.5. The molecule has 0 atom stereocenters. The lowest BCUT2D eigenvalue weighted by molar-refractivity contribution is 0.101. The van der Waals surface area contributed by atoms with Crippen molar-refractivity contribution in [1.29, 1.82) is 0 Å². The molecule has 0 aromatic heterocycles. The smallest absolute Gasteiger partial charge is 0.255 e. The first-order chi connectivity index (χ1) is 32.3. The van der Waals surface area contributed by atoms with Crippen molar-refractivity contribution in [2.45, 2.75) is 81.6 Å². The van der Waals surface area contributed by atoms with Gasteiger partial charge in [0.1, 0.15) is 16.1 Å². The van der Waals surface area contributed by atoms with Gasteiger partial charge in [0, 0.05) is 22.5 Å². The molecule has 68 heavy (non-hydrogen) atoms. The maximum atomic E-state index is 11.9. The summed E-state index contributed by atoms with van der Waals surface area (Å²) in [7, 11) is -3.03. The van der Waals surface area contributed by atoms with Crippen molar-refractivity contribution in [3.8, 4) is 0 Å². The second-order valence-corrected chi connectivity index (χ2v) is 27.9. The minimum Gasteiger partial charge on any atom is -0.322 e. The van der Waals surface area contributed by atoms with E-state index < -0.39 is 16.1 Å². The number of amides is 2. The molecule has 2 amide bonds. The van der Waals surface area contributed by atoms with Crippen LogP contribution in [-0.2, 0) is 0 Å². The molecular formula is C62H70N2O2Si2. The summed E-state index contributed by atoms with van der Waals surface area (Å²) in [5, 5.41) is 11.8. The number of nitrogens with one attached hydrogen (secondary N) is 2. The van der Waals surface area contributed by atoms with Gasteiger partial charge in [-0.2, -0.15) is 0 Å². The molecule has 0 heterocycles. The third kappa shape index (κ3) is 15.6. The molecule has 4 nitrogen and oxygen atoms in total. The lowest BCUT2D eigenvalue weighted by Gasteiger charge is -2.24. The van der Waals surface area contributed by atoms with E-state index >= 15 is 0 Å². The zero-order valence-corrected chi connectivity index (χ0v) is 44.3. The number of aryl methyl sites for hydroxylation is 8. The fourth-order valence-corrected chi connectivity index (χ4v) is 12.6. The van der Waals surface area contributed by atoms with Crippen LogP contribution < -0.4 is 31.4 Å². The van der Waals surface area contributed by atoms with Crippen LogP contribution >= 0.6 is 0 Å². The third-order valence-electron chi connectivity index (χ3n) is 12.2. The molecule has 0 aliphatic heterocycles. The van der Waals surface area contributed by atoms with Crippen molar-refractivity contribution in [3.05, 3.63) is 250 Å². The highest BCUT2D eigenvalue weighted by molar-refractivity contribution is 7.01. The summed E-state index contributed by atoms with van der Waals surface area (Å²) in [6.07, 6.45) is 0. The summed E-state index contributed by atoms with van der Waals surface area (Å²) in [5.41, 5.74) is 13.0. The van der Waals surface area contributed by atoms with Gasteiger partial charge in [-0.1, -0.05) is 231 Å². The molecule has 348 valence electrons. The largest absolute Gasteiger partial charge is 0.322 e. The number of anilines is 2. The third-order valence-corrected chi connectivity index (χ3v) is 19.2. The lowest BCUT2D eigenvalue weighted by atomic mass is 10.1. The predicted octanol–water partition coefficient (Wildman–Crippen LogP) is 13.4. The minimum absolute atomic E-state index is 0.0735. The first kappa shape index (κ1) is 52.1. The molecule has 6 heteroatoms. The Hall–Kier alpha value is -6.87. The van der Waals surface area contributed by atoms with Crippen LogP contribution in [0.3, 0.4) is 0 Å². The maximum absolute atomic E-state index is 11.9. The van der Waals surface area contributed by atoms with Crippen LogP contribution in [0, 0.1) is 55.4 Å². The molecule has 0 aliphatic carbocycles. The van der Waals surface area contributed by atoms with Crippen molar-refractivity contribution >= 4 is 60.1 Å². The van der Waals surface area contributed by atoms with E-state index in [4.69, 9.17) is 0 Å². The van der Waals surface area contributed by atoms with Gasteiger partial charge in [-0.15, -0.1) is 0 Å². The molecule has 0 saturated heterocycles. The average molecular weight is 931 g/mol. The van der Waals surface area contributed by atoms with Gasteiger partial charge in [0.25, 0.3) is 11.8 Å². The highest BCUT2D eigenvalue weighted by Crippen LogP contribution is 2.14. The Bertz CT molecular complexity index is 2830. The van der Waals surface area contributed by atoms with Gasteiger partial charge in [-0.25, -0.2) is 0 Å². The van der Waals surface area contributed by atoms with Gasteiger partial charge >= 0.3 is 0 Å². The molecule has 2 N–H and O–H groups in total. The van der Waals surface area contributed by atoms with Crippen LogP contribution in [0.5, 0.6) is 0 Å². The number of carbonyl (C=O) groups is 2. The van der Waals surface area contributed by atoms with Crippen LogP contribution in [-0.4, -0.2) is 28.0 Å². The second kappa shape index (κ2) is 24.2. The highest BCUT2D eigenvalue weighted by atomic mass is 28.3. The number of rotatable bonds is 8. The van der Waals surface area contributed by atoms with Crippen LogP contribution in [0.2, 0.25) is 26.2 Å². The molecule has 0 bridgehead atoms. The van der Waals surface area contributed by atoms with Crippen molar-refractivity contribution < 1.29 is 9.59 Å². The van der Waals surface area contributed by atoms with Crippen LogP contribution in [0.1, 0.15) is 65.2 Å². The fraction of sp³-hybridized carbons (Fsp3) is 0.194. The summed E-state index contributed by atoms with van der Waals surface area (Å²) >= 11 is 0. The van der Waals surface area contributed by atoms with Gasteiger partial charge in [-0.3, -0.25) is 9.59 Å². The Kier molecular flexibility index (Phi) is 18.6. The van der Waals surface area contributed by atoms with Gasteiger partial charge in [-0.05, 0) is 109 Å². The van der Waals surface area contributed by atoms with Gasteiger partial charge < -0.3 is 10.6 Å². The summed E-state index contributed by atoms with van der Waals surface area (Å²) in [5.74, 6) is -0.149. The minimum atomic E-state index is -1.52. The second-order valence-electron chi connectivity index (χ2n) is 19.1. The molecule has 0 spiro atoms. The number of carbonyl (C=O) groups excluding carboxylic acids is 2. The van der Waals surface area contributed by atoms with Crippen LogP contribution in [0.15, 0.2) is 194 Å². The van der Waals surface area contributed by atoms with E-state index in [-0.39, 0.29) is 11.8 Å². The van der Waals surface area contributed by atoms with E-state index in [1.807, 2.05) is 125 Å². The molecule has 0 aliphatic rings. The molecule has 8 aromatic carbocycles. The Morgan fingerprint density at radius 3 is 0.941 bits per heavy atom. The van der Waals surface area contributed by atoms with E-state index in [0.29, 0.717) is 11.1 Å². The predicted molar refractivity (Wildman–Crippen MR) is 299 cm³/mol. The van der Waals surface area contributed by atoms with Crippen LogP contribution in [0.4, 0.5) is 11.4 Å². The Morgan fingerprint density at radius 2 is 0.588 bits per heavy atom. The van der Waals surface area contributed by atoms with E-state index in [9.17, 15) is 9.59 Å².